The Morgan fingerprint density at radius 1 is 1.38 bits per heavy atom. The van der Waals surface area contributed by atoms with Gasteiger partial charge >= 0.3 is 6.03 Å². The maximum absolute atomic E-state index is 12.3. The van der Waals surface area contributed by atoms with Gasteiger partial charge < -0.3 is 15.1 Å². The quantitative estimate of drug-likeness (QED) is 0.901. The molecule has 24 heavy (non-hydrogen) atoms. The molecule has 1 fully saturated rings. The van der Waals surface area contributed by atoms with Crippen LogP contribution >= 0.6 is 11.3 Å². The molecule has 1 N–H and O–H groups in total. The standard InChI is InChI=1S/C18H24N4OS/c1-14(16-6-5-11-24-16)21(2)18(23)20-13-15-7-8-17(19-12-15)22-9-3-4-10-22/h5-8,11-12,14H,3-4,9-10,13H2,1-2H3,(H,20,23)/t14-/m1/s1. The molecule has 0 bridgehead atoms. The molecule has 0 unspecified atom stereocenters. The van der Waals surface area contributed by atoms with E-state index in [0.717, 1.165) is 24.5 Å². The number of aromatic nitrogens is 1. The number of urea groups is 1. The van der Waals surface area contributed by atoms with Crippen LogP contribution in [0.2, 0.25) is 0 Å². The van der Waals surface area contributed by atoms with Gasteiger partial charge in [-0.25, -0.2) is 9.78 Å². The number of hydrogen-bond donors (Lipinski definition) is 1. The first-order chi connectivity index (χ1) is 11.6. The minimum atomic E-state index is -0.0699. The molecule has 5 nitrogen and oxygen atoms in total. The SMILES string of the molecule is C[C@H](c1cccs1)N(C)C(=O)NCc1ccc(N2CCCC2)nc1. The van der Waals surface area contributed by atoms with Crippen molar-refractivity contribution in [2.24, 2.45) is 0 Å². The molecule has 3 heterocycles. The smallest absolute Gasteiger partial charge is 0.317 e. The highest BCUT2D eigenvalue weighted by Gasteiger charge is 2.18. The molecule has 2 amide bonds. The van der Waals surface area contributed by atoms with E-state index >= 15 is 0 Å². The highest BCUT2D eigenvalue weighted by molar-refractivity contribution is 7.10. The van der Waals surface area contributed by atoms with Crippen LogP contribution in [0.25, 0.3) is 0 Å². The van der Waals surface area contributed by atoms with Crippen LogP contribution in [-0.4, -0.2) is 36.1 Å². The minimum Gasteiger partial charge on any atom is -0.357 e. The third-order valence-electron chi connectivity index (χ3n) is 4.54. The number of thiophene rings is 1. The molecule has 2 aromatic rings. The summed E-state index contributed by atoms with van der Waals surface area (Å²) in [6.07, 6.45) is 4.35. The number of pyridine rings is 1. The molecule has 2 aromatic heterocycles. The maximum Gasteiger partial charge on any atom is 0.317 e. The average molecular weight is 344 g/mol. The van der Waals surface area contributed by atoms with E-state index in [1.54, 1.807) is 16.2 Å². The van der Waals surface area contributed by atoms with Gasteiger partial charge in [-0.3, -0.25) is 0 Å². The molecule has 0 spiro atoms. The normalized spacial score (nSPS) is 15.3. The summed E-state index contributed by atoms with van der Waals surface area (Å²) in [5.74, 6) is 1.03. The summed E-state index contributed by atoms with van der Waals surface area (Å²) < 4.78 is 0. The van der Waals surface area contributed by atoms with Crippen molar-refractivity contribution in [2.45, 2.75) is 32.4 Å². The summed E-state index contributed by atoms with van der Waals surface area (Å²) in [5.41, 5.74) is 1.02. The molecule has 1 atom stereocenters. The van der Waals surface area contributed by atoms with Crippen LogP contribution in [0.4, 0.5) is 10.6 Å². The van der Waals surface area contributed by atoms with Crippen molar-refractivity contribution >= 4 is 23.2 Å². The first-order valence-corrected chi connectivity index (χ1v) is 9.27. The van der Waals surface area contributed by atoms with Gasteiger partial charge in [0.05, 0.1) is 6.04 Å². The number of amides is 2. The third-order valence-corrected chi connectivity index (χ3v) is 5.58. The first-order valence-electron chi connectivity index (χ1n) is 8.39. The van der Waals surface area contributed by atoms with Crippen LogP contribution in [0, 0.1) is 0 Å². The van der Waals surface area contributed by atoms with Gasteiger partial charge in [0.15, 0.2) is 0 Å². The van der Waals surface area contributed by atoms with Gasteiger partial charge in [0.25, 0.3) is 0 Å². The second kappa shape index (κ2) is 7.66. The van der Waals surface area contributed by atoms with Crippen LogP contribution in [0.3, 0.4) is 0 Å². The second-order valence-electron chi connectivity index (χ2n) is 6.18. The summed E-state index contributed by atoms with van der Waals surface area (Å²) in [6.45, 7) is 4.72. The van der Waals surface area contributed by atoms with Gasteiger partial charge in [0.2, 0.25) is 0 Å². The fourth-order valence-electron chi connectivity index (χ4n) is 2.85. The second-order valence-corrected chi connectivity index (χ2v) is 7.16. The van der Waals surface area contributed by atoms with Crippen LogP contribution < -0.4 is 10.2 Å². The Morgan fingerprint density at radius 3 is 2.79 bits per heavy atom. The van der Waals surface area contributed by atoms with Crippen molar-refractivity contribution in [3.05, 3.63) is 46.3 Å². The lowest BCUT2D eigenvalue weighted by Gasteiger charge is -2.24. The lowest BCUT2D eigenvalue weighted by atomic mass is 10.2. The Balaban J connectivity index is 1.52. The van der Waals surface area contributed by atoms with E-state index in [2.05, 4.69) is 21.3 Å². The van der Waals surface area contributed by atoms with Crippen LogP contribution in [0.5, 0.6) is 0 Å². The number of nitrogens with one attached hydrogen (secondary N) is 1. The van der Waals surface area contributed by atoms with E-state index in [-0.39, 0.29) is 12.1 Å². The van der Waals surface area contributed by atoms with Gasteiger partial charge in [-0.1, -0.05) is 12.1 Å². The summed E-state index contributed by atoms with van der Waals surface area (Å²) in [4.78, 5) is 22.1. The largest absolute Gasteiger partial charge is 0.357 e. The molecule has 0 saturated carbocycles. The topological polar surface area (TPSA) is 48.5 Å². The van der Waals surface area contributed by atoms with Gasteiger partial charge in [0, 0.05) is 37.8 Å². The number of nitrogens with zero attached hydrogens (tertiary/aromatic N) is 3. The first kappa shape index (κ1) is 16.8. The fourth-order valence-corrected chi connectivity index (χ4v) is 3.68. The van der Waals surface area contributed by atoms with Crippen LogP contribution in [0.15, 0.2) is 35.8 Å². The summed E-state index contributed by atoms with van der Waals surface area (Å²) in [5, 5.41) is 5.00. The number of hydrogen-bond acceptors (Lipinski definition) is 4. The van der Waals surface area contributed by atoms with E-state index in [9.17, 15) is 4.79 Å². The predicted molar refractivity (Wildman–Crippen MR) is 98.4 cm³/mol. The van der Waals surface area contributed by atoms with Crippen LogP contribution in [0.1, 0.15) is 36.2 Å². The third kappa shape index (κ3) is 3.87. The van der Waals surface area contributed by atoms with Crippen molar-refractivity contribution in [1.82, 2.24) is 15.2 Å². The predicted octanol–water partition coefficient (Wildman–Crippen LogP) is 3.65. The Labute approximate surface area is 147 Å². The summed E-state index contributed by atoms with van der Waals surface area (Å²) >= 11 is 1.67. The fraction of sp³-hybridized carbons (Fsp3) is 0.444. The van der Waals surface area contributed by atoms with Crippen molar-refractivity contribution in [3.63, 3.8) is 0 Å². The Bertz CT molecular complexity index is 650. The molecule has 6 heteroatoms. The molecular weight excluding hydrogens is 320 g/mol. The Kier molecular flexibility index (Phi) is 5.35. The van der Waals surface area contributed by atoms with Gasteiger partial charge in [-0.15, -0.1) is 11.3 Å². The molecule has 128 valence electrons. The van der Waals surface area contributed by atoms with Crippen molar-refractivity contribution in [2.75, 3.05) is 25.0 Å². The van der Waals surface area contributed by atoms with E-state index in [4.69, 9.17) is 0 Å². The van der Waals surface area contributed by atoms with Crippen LogP contribution in [-0.2, 0) is 6.54 Å². The van der Waals surface area contributed by atoms with Gasteiger partial charge in [0.1, 0.15) is 5.82 Å². The minimum absolute atomic E-state index is 0.0699. The number of rotatable bonds is 5. The molecule has 1 saturated heterocycles. The molecule has 0 radical (unpaired) electrons. The Morgan fingerprint density at radius 2 is 2.17 bits per heavy atom. The van der Waals surface area contributed by atoms with E-state index < -0.39 is 0 Å². The highest BCUT2D eigenvalue weighted by Crippen LogP contribution is 2.23. The van der Waals surface area contributed by atoms with E-state index in [1.165, 1.54) is 17.7 Å². The molecular formula is C18H24N4OS. The zero-order valence-electron chi connectivity index (χ0n) is 14.2. The molecule has 0 aliphatic carbocycles. The zero-order chi connectivity index (χ0) is 16.9. The van der Waals surface area contributed by atoms with Gasteiger partial charge in [-0.05, 0) is 42.8 Å². The molecule has 3 rings (SSSR count). The Hall–Kier alpha value is -2.08. The average Bonchev–Trinajstić information content (AvgIpc) is 3.32. The molecule has 1 aliphatic rings. The maximum atomic E-state index is 12.3. The summed E-state index contributed by atoms with van der Waals surface area (Å²) in [6, 6.07) is 8.16. The lowest BCUT2D eigenvalue weighted by molar-refractivity contribution is 0.194. The number of anilines is 1. The van der Waals surface area contributed by atoms with Crippen molar-refractivity contribution < 1.29 is 4.79 Å². The summed E-state index contributed by atoms with van der Waals surface area (Å²) in [7, 11) is 1.83. The highest BCUT2D eigenvalue weighted by atomic mass is 32.1. The molecule has 0 aromatic carbocycles. The van der Waals surface area contributed by atoms with Crippen molar-refractivity contribution in [3.8, 4) is 0 Å². The number of carbonyl (C=O) groups is 1. The lowest BCUT2D eigenvalue weighted by Crippen LogP contribution is -2.38. The number of carbonyl (C=O) groups excluding carboxylic acids is 1. The van der Waals surface area contributed by atoms with Crippen molar-refractivity contribution in [1.29, 1.82) is 0 Å². The zero-order valence-corrected chi connectivity index (χ0v) is 15.1. The molecule has 1 aliphatic heterocycles. The van der Waals surface area contributed by atoms with E-state index in [0.29, 0.717) is 6.54 Å². The monoisotopic (exact) mass is 344 g/mol. The van der Waals surface area contributed by atoms with E-state index in [1.807, 2.05) is 43.7 Å². The van der Waals surface area contributed by atoms with Gasteiger partial charge in [-0.2, -0.15) is 0 Å².